The van der Waals surface area contributed by atoms with E-state index in [1.807, 2.05) is 0 Å². The minimum absolute atomic E-state index is 0.0668. The average molecular weight is 365 g/mol. The summed E-state index contributed by atoms with van der Waals surface area (Å²) in [7, 11) is -3.37. The summed E-state index contributed by atoms with van der Waals surface area (Å²) >= 11 is 0.906. The van der Waals surface area contributed by atoms with Crippen LogP contribution >= 0.6 is 11.3 Å². The first kappa shape index (κ1) is 16.7. The fourth-order valence-corrected chi connectivity index (χ4v) is 4.66. The van der Waals surface area contributed by atoms with Gasteiger partial charge in [0.15, 0.2) is 9.84 Å². The zero-order valence-corrected chi connectivity index (χ0v) is 14.4. The lowest BCUT2D eigenvalue weighted by Crippen LogP contribution is -2.40. The Hall–Kier alpha value is -2.19. The maximum Gasteiger partial charge on any atom is 0.312 e. The van der Waals surface area contributed by atoms with Gasteiger partial charge in [0.2, 0.25) is 0 Å². The van der Waals surface area contributed by atoms with E-state index in [1.165, 1.54) is 17.0 Å². The Morgan fingerprint density at radius 3 is 2.54 bits per heavy atom. The number of sulfone groups is 1. The molecule has 126 valence electrons. The number of hydrogen-bond donors (Lipinski definition) is 1. The number of thiophene rings is 1. The van der Waals surface area contributed by atoms with Gasteiger partial charge >= 0.3 is 5.97 Å². The summed E-state index contributed by atoms with van der Waals surface area (Å²) in [5.74, 6) is -2.12. The molecule has 1 atom stereocenters. The first-order valence-corrected chi connectivity index (χ1v) is 9.88. The largest absolute Gasteiger partial charge is 0.481 e. The molecule has 1 N–H and O–H groups in total. The predicted octanol–water partition coefficient (Wildman–Crippen LogP) is 1.98. The molecule has 24 heavy (non-hydrogen) atoms. The van der Waals surface area contributed by atoms with E-state index in [2.05, 4.69) is 0 Å². The minimum Gasteiger partial charge on any atom is -0.481 e. The highest BCUT2D eigenvalue weighted by molar-refractivity contribution is 7.92. The van der Waals surface area contributed by atoms with Crippen LogP contribution in [-0.2, 0) is 21.2 Å². The number of rotatable bonds is 3. The first-order chi connectivity index (χ1) is 11.3. The second-order valence-electron chi connectivity index (χ2n) is 5.67. The van der Waals surface area contributed by atoms with Crippen LogP contribution in [0.3, 0.4) is 0 Å². The van der Waals surface area contributed by atoms with Crippen LogP contribution in [0.1, 0.15) is 26.7 Å². The monoisotopic (exact) mass is 365 g/mol. The van der Waals surface area contributed by atoms with Crippen LogP contribution in [0.25, 0.3) is 0 Å². The molecule has 8 heteroatoms. The van der Waals surface area contributed by atoms with E-state index in [1.54, 1.807) is 24.3 Å². The molecule has 1 unspecified atom stereocenters. The van der Waals surface area contributed by atoms with Crippen LogP contribution in [0.15, 0.2) is 40.6 Å². The van der Waals surface area contributed by atoms with Crippen molar-refractivity contribution in [3.05, 3.63) is 52.4 Å². The van der Waals surface area contributed by atoms with Crippen molar-refractivity contribution >= 4 is 33.1 Å². The molecular weight excluding hydrogens is 350 g/mol. The number of aliphatic carboxylic acids is 1. The molecule has 1 aliphatic heterocycles. The van der Waals surface area contributed by atoms with Gasteiger partial charge in [-0.1, -0.05) is 24.3 Å². The third-order valence-corrected chi connectivity index (χ3v) is 6.83. The van der Waals surface area contributed by atoms with Crippen molar-refractivity contribution in [3.63, 3.8) is 0 Å². The summed E-state index contributed by atoms with van der Waals surface area (Å²) < 4.78 is 23.2. The predicted molar refractivity (Wildman–Crippen MR) is 89.0 cm³/mol. The highest BCUT2D eigenvalue weighted by atomic mass is 32.2. The molecule has 0 saturated heterocycles. The topological polar surface area (TPSA) is 91.8 Å². The molecule has 3 rings (SSSR count). The lowest BCUT2D eigenvalue weighted by molar-refractivity contribution is -0.139. The summed E-state index contributed by atoms with van der Waals surface area (Å²) in [5.41, 5.74) is 1.52. The SMILES string of the molecule is CS(=O)(=O)c1ccc(C(=O)N2Cc3ccccc3C(C(=O)O)C2)s1. The third kappa shape index (κ3) is 3.07. The van der Waals surface area contributed by atoms with Crippen LogP contribution < -0.4 is 0 Å². The van der Waals surface area contributed by atoms with Crippen molar-refractivity contribution in [2.45, 2.75) is 16.7 Å². The van der Waals surface area contributed by atoms with Crippen LogP contribution in [0, 0.1) is 0 Å². The molecule has 2 aromatic rings. The van der Waals surface area contributed by atoms with Gasteiger partial charge in [0.25, 0.3) is 5.91 Å². The first-order valence-electron chi connectivity index (χ1n) is 7.17. The number of nitrogens with zero attached hydrogens (tertiary/aromatic N) is 1. The van der Waals surface area contributed by atoms with Crippen LogP contribution in [-0.4, -0.2) is 43.1 Å². The summed E-state index contributed by atoms with van der Waals surface area (Å²) in [4.78, 5) is 26.0. The molecule has 0 bridgehead atoms. The second-order valence-corrected chi connectivity index (χ2v) is 8.99. The Labute approximate surface area is 143 Å². The maximum absolute atomic E-state index is 12.7. The Kier molecular flexibility index (Phi) is 4.18. The van der Waals surface area contributed by atoms with Crippen molar-refractivity contribution < 1.29 is 23.1 Å². The number of carbonyl (C=O) groups excluding carboxylic acids is 1. The van der Waals surface area contributed by atoms with Crippen LogP contribution in [0.5, 0.6) is 0 Å². The van der Waals surface area contributed by atoms with Crippen molar-refractivity contribution in [1.82, 2.24) is 4.90 Å². The van der Waals surface area contributed by atoms with Gasteiger partial charge in [0, 0.05) is 19.3 Å². The van der Waals surface area contributed by atoms with Crippen molar-refractivity contribution in [3.8, 4) is 0 Å². The van der Waals surface area contributed by atoms with Crippen LogP contribution in [0.2, 0.25) is 0 Å². The van der Waals surface area contributed by atoms with Crippen molar-refractivity contribution in [1.29, 1.82) is 0 Å². The van der Waals surface area contributed by atoms with Crippen LogP contribution in [0.4, 0.5) is 0 Å². The Morgan fingerprint density at radius 1 is 1.21 bits per heavy atom. The van der Waals surface area contributed by atoms with Gasteiger partial charge in [-0.3, -0.25) is 9.59 Å². The molecule has 2 heterocycles. The number of hydrogen-bond acceptors (Lipinski definition) is 5. The molecule has 0 spiro atoms. The number of benzene rings is 1. The quantitative estimate of drug-likeness (QED) is 0.898. The minimum atomic E-state index is -3.37. The smallest absolute Gasteiger partial charge is 0.312 e. The standard InChI is InChI=1S/C16H15NO5S2/c1-24(21,22)14-7-6-13(23-14)15(18)17-8-10-4-2-3-5-11(10)12(9-17)16(19)20/h2-7,12H,8-9H2,1H3,(H,19,20). The van der Waals surface area contributed by atoms with Gasteiger partial charge < -0.3 is 10.0 Å². The fourth-order valence-electron chi connectivity index (χ4n) is 2.76. The van der Waals surface area contributed by atoms with E-state index in [4.69, 9.17) is 0 Å². The summed E-state index contributed by atoms with van der Waals surface area (Å²) in [6.07, 6.45) is 1.09. The number of fused-ring (bicyclic) bond motifs is 1. The number of carbonyl (C=O) groups is 2. The molecule has 0 fully saturated rings. The summed E-state index contributed by atoms with van der Waals surface area (Å²) in [6.45, 7) is 0.377. The maximum atomic E-state index is 12.7. The number of amides is 1. The van der Waals surface area contributed by atoms with E-state index < -0.39 is 21.7 Å². The van der Waals surface area contributed by atoms with Gasteiger partial charge in [-0.05, 0) is 23.3 Å². The summed E-state index contributed by atoms with van der Waals surface area (Å²) in [5, 5.41) is 9.45. The lowest BCUT2D eigenvalue weighted by atomic mass is 9.90. The van der Waals surface area contributed by atoms with Crippen molar-refractivity contribution in [2.24, 2.45) is 0 Å². The molecule has 1 amide bonds. The zero-order valence-electron chi connectivity index (χ0n) is 12.8. The molecule has 0 aliphatic carbocycles. The van der Waals surface area contributed by atoms with E-state index in [9.17, 15) is 23.1 Å². The van der Waals surface area contributed by atoms with E-state index in [0.29, 0.717) is 11.4 Å². The second kappa shape index (κ2) is 6.03. The van der Waals surface area contributed by atoms with Gasteiger partial charge in [-0.25, -0.2) is 8.42 Å². The number of carboxylic acids is 1. The Bertz CT molecular complexity index is 916. The van der Waals surface area contributed by atoms with Crippen molar-refractivity contribution in [2.75, 3.05) is 12.8 Å². The molecule has 1 aromatic heterocycles. The molecule has 0 saturated carbocycles. The van der Waals surface area contributed by atoms with Gasteiger partial charge in [-0.2, -0.15) is 0 Å². The number of carboxylic acid groups (broad SMARTS) is 1. The molecule has 1 aliphatic rings. The average Bonchev–Trinajstić information content (AvgIpc) is 3.03. The van der Waals surface area contributed by atoms with E-state index in [0.717, 1.165) is 28.7 Å². The fraction of sp³-hybridized carbons (Fsp3) is 0.250. The lowest BCUT2D eigenvalue weighted by Gasteiger charge is -2.32. The van der Waals surface area contributed by atoms with E-state index in [-0.39, 0.29) is 16.7 Å². The normalized spacial score (nSPS) is 17.4. The Morgan fingerprint density at radius 2 is 1.92 bits per heavy atom. The third-order valence-electron chi connectivity index (χ3n) is 3.94. The van der Waals surface area contributed by atoms with Gasteiger partial charge in [0.05, 0.1) is 10.8 Å². The van der Waals surface area contributed by atoms with E-state index >= 15 is 0 Å². The molecular formula is C16H15NO5S2. The molecule has 6 nitrogen and oxygen atoms in total. The molecule has 0 radical (unpaired) electrons. The van der Waals surface area contributed by atoms with Gasteiger partial charge in [-0.15, -0.1) is 11.3 Å². The van der Waals surface area contributed by atoms with Gasteiger partial charge in [0.1, 0.15) is 4.21 Å². The summed E-state index contributed by atoms with van der Waals surface area (Å²) in [6, 6.07) is 10.0. The molecule has 1 aromatic carbocycles. The Balaban J connectivity index is 1.92. The highest BCUT2D eigenvalue weighted by Crippen LogP contribution is 2.31. The highest BCUT2D eigenvalue weighted by Gasteiger charge is 2.33. The zero-order chi connectivity index (χ0) is 17.5.